The molecule has 0 amide bonds. The largest absolute Gasteiger partial charge is 0.376 e. The van der Waals surface area contributed by atoms with Crippen LogP contribution in [0, 0.1) is 11.8 Å². The minimum Gasteiger partial charge on any atom is -0.376 e. The molecule has 0 aromatic heterocycles. The summed E-state index contributed by atoms with van der Waals surface area (Å²) in [5, 5.41) is 0. The summed E-state index contributed by atoms with van der Waals surface area (Å²) < 4.78 is 5.81. The van der Waals surface area contributed by atoms with Gasteiger partial charge in [0, 0.05) is 26.2 Å². The van der Waals surface area contributed by atoms with Crippen LogP contribution in [0.15, 0.2) is 0 Å². The van der Waals surface area contributed by atoms with Crippen molar-refractivity contribution in [3.8, 4) is 0 Å². The molecule has 2 aliphatic heterocycles. The summed E-state index contributed by atoms with van der Waals surface area (Å²) in [5.74, 6) is 1.86. The average molecular weight is 238 g/mol. The zero-order valence-electron chi connectivity index (χ0n) is 11.0. The van der Waals surface area contributed by atoms with E-state index in [1.165, 1.54) is 38.8 Å². The van der Waals surface area contributed by atoms with Crippen molar-refractivity contribution in [2.75, 3.05) is 26.2 Å². The Hall–Kier alpha value is -0.120. The van der Waals surface area contributed by atoms with E-state index in [1.807, 2.05) is 0 Å². The van der Waals surface area contributed by atoms with Gasteiger partial charge in [0.15, 0.2) is 0 Å². The summed E-state index contributed by atoms with van der Waals surface area (Å²) in [5.41, 5.74) is 6.27. The van der Waals surface area contributed by atoms with Gasteiger partial charge in [0.1, 0.15) is 0 Å². The van der Waals surface area contributed by atoms with Gasteiger partial charge in [0.2, 0.25) is 0 Å². The van der Waals surface area contributed by atoms with Crippen LogP contribution in [0.4, 0.5) is 0 Å². The first kappa shape index (κ1) is 11.9. The smallest absolute Gasteiger partial charge is 0.0743 e. The maximum atomic E-state index is 6.12. The number of likely N-dealkylation sites (tertiary alicyclic amines) is 1. The number of rotatable bonds is 2. The molecule has 0 aromatic rings. The molecule has 17 heavy (non-hydrogen) atoms. The maximum Gasteiger partial charge on any atom is 0.0743 e. The average Bonchev–Trinajstić information content (AvgIpc) is 2.71. The van der Waals surface area contributed by atoms with Crippen LogP contribution in [0.3, 0.4) is 0 Å². The van der Waals surface area contributed by atoms with Crippen LogP contribution >= 0.6 is 0 Å². The highest BCUT2D eigenvalue weighted by Gasteiger charge is 2.48. The van der Waals surface area contributed by atoms with Crippen molar-refractivity contribution < 1.29 is 4.74 Å². The highest BCUT2D eigenvalue weighted by atomic mass is 16.5. The van der Waals surface area contributed by atoms with E-state index in [1.54, 1.807) is 0 Å². The Labute approximate surface area is 105 Å². The fourth-order valence-electron chi connectivity index (χ4n) is 4.38. The number of hydrogen-bond donors (Lipinski definition) is 1. The summed E-state index contributed by atoms with van der Waals surface area (Å²) in [6, 6.07) is 0. The van der Waals surface area contributed by atoms with Crippen molar-refractivity contribution in [3.05, 3.63) is 0 Å². The Morgan fingerprint density at radius 3 is 2.53 bits per heavy atom. The fourth-order valence-corrected chi connectivity index (χ4v) is 4.38. The molecule has 3 nitrogen and oxygen atoms in total. The van der Waals surface area contributed by atoms with Crippen molar-refractivity contribution in [1.82, 2.24) is 4.90 Å². The van der Waals surface area contributed by atoms with Gasteiger partial charge in [-0.05, 0) is 44.4 Å². The lowest BCUT2D eigenvalue weighted by Crippen LogP contribution is -2.62. The standard InChI is InChI=1S/C14H26N2O/c1-11-14(10-15,5-6-17-11)16-8-12-3-2-4-13(7-12)9-16/h11-13H,2-10,15H2,1H3. The first-order chi connectivity index (χ1) is 8.24. The first-order valence-corrected chi connectivity index (χ1v) is 7.31. The van der Waals surface area contributed by atoms with Crippen molar-refractivity contribution in [2.24, 2.45) is 17.6 Å². The highest BCUT2D eigenvalue weighted by Crippen LogP contribution is 2.40. The number of fused-ring (bicyclic) bond motifs is 2. The molecule has 4 atom stereocenters. The van der Waals surface area contributed by atoms with E-state index >= 15 is 0 Å². The van der Waals surface area contributed by atoms with Gasteiger partial charge in [0.05, 0.1) is 11.6 Å². The van der Waals surface area contributed by atoms with E-state index < -0.39 is 0 Å². The van der Waals surface area contributed by atoms with Crippen molar-refractivity contribution in [3.63, 3.8) is 0 Å². The Morgan fingerprint density at radius 2 is 2.00 bits per heavy atom. The van der Waals surface area contributed by atoms with Gasteiger partial charge in [-0.25, -0.2) is 0 Å². The van der Waals surface area contributed by atoms with E-state index in [-0.39, 0.29) is 5.54 Å². The molecule has 0 spiro atoms. The molecule has 4 unspecified atom stereocenters. The second-order valence-electron chi connectivity index (χ2n) is 6.37. The summed E-state index contributed by atoms with van der Waals surface area (Å²) in [7, 11) is 0. The summed E-state index contributed by atoms with van der Waals surface area (Å²) >= 11 is 0. The predicted octanol–water partition coefficient (Wildman–Crippen LogP) is 1.61. The normalized spacial score (nSPS) is 47.3. The second kappa shape index (κ2) is 4.52. The Bertz CT molecular complexity index is 271. The lowest BCUT2D eigenvalue weighted by Gasteiger charge is -2.50. The Balaban J connectivity index is 1.78. The molecule has 3 heteroatoms. The van der Waals surface area contributed by atoms with E-state index in [4.69, 9.17) is 10.5 Å². The molecular weight excluding hydrogens is 212 g/mol. The van der Waals surface area contributed by atoms with E-state index in [2.05, 4.69) is 11.8 Å². The summed E-state index contributed by atoms with van der Waals surface area (Å²) in [6.07, 6.45) is 7.22. The van der Waals surface area contributed by atoms with Crippen LogP contribution in [0.25, 0.3) is 0 Å². The summed E-state index contributed by atoms with van der Waals surface area (Å²) in [4.78, 5) is 2.70. The van der Waals surface area contributed by atoms with Crippen molar-refractivity contribution in [1.29, 1.82) is 0 Å². The molecule has 3 aliphatic rings. The van der Waals surface area contributed by atoms with Crippen molar-refractivity contribution in [2.45, 2.75) is 50.7 Å². The second-order valence-corrected chi connectivity index (χ2v) is 6.37. The molecule has 98 valence electrons. The van der Waals surface area contributed by atoms with Gasteiger partial charge >= 0.3 is 0 Å². The third-order valence-electron chi connectivity index (χ3n) is 5.49. The van der Waals surface area contributed by atoms with Crippen molar-refractivity contribution >= 4 is 0 Å². The van der Waals surface area contributed by atoms with Crippen LogP contribution in [0.2, 0.25) is 0 Å². The minimum atomic E-state index is 0.147. The Morgan fingerprint density at radius 1 is 1.29 bits per heavy atom. The number of nitrogens with zero attached hydrogens (tertiary/aromatic N) is 1. The van der Waals surface area contributed by atoms with Crippen LogP contribution in [0.1, 0.15) is 39.0 Å². The van der Waals surface area contributed by atoms with E-state index in [0.29, 0.717) is 6.10 Å². The highest BCUT2D eigenvalue weighted by molar-refractivity contribution is 5.03. The molecule has 2 bridgehead atoms. The zero-order chi connectivity index (χ0) is 11.9. The maximum absolute atomic E-state index is 6.12. The van der Waals surface area contributed by atoms with E-state index in [9.17, 15) is 0 Å². The Kier molecular flexibility index (Phi) is 3.18. The van der Waals surface area contributed by atoms with Gasteiger partial charge < -0.3 is 10.5 Å². The van der Waals surface area contributed by atoms with Crippen LogP contribution in [-0.2, 0) is 4.74 Å². The molecule has 2 heterocycles. The van der Waals surface area contributed by atoms with Gasteiger partial charge in [-0.1, -0.05) is 6.42 Å². The number of piperidine rings is 1. The quantitative estimate of drug-likeness (QED) is 0.794. The number of hydrogen-bond acceptors (Lipinski definition) is 3. The van der Waals surface area contributed by atoms with E-state index in [0.717, 1.165) is 31.4 Å². The van der Waals surface area contributed by atoms with Crippen LogP contribution < -0.4 is 5.73 Å². The molecule has 2 N–H and O–H groups in total. The summed E-state index contributed by atoms with van der Waals surface area (Å²) in [6.45, 7) is 6.39. The molecule has 0 radical (unpaired) electrons. The van der Waals surface area contributed by atoms with Gasteiger partial charge in [-0.3, -0.25) is 4.90 Å². The fraction of sp³-hybridized carbons (Fsp3) is 1.00. The molecular formula is C14H26N2O. The van der Waals surface area contributed by atoms with Crippen LogP contribution in [-0.4, -0.2) is 42.8 Å². The molecule has 1 aliphatic carbocycles. The lowest BCUT2D eigenvalue weighted by atomic mass is 9.75. The number of ether oxygens (including phenoxy) is 1. The molecule has 3 fully saturated rings. The van der Waals surface area contributed by atoms with Crippen LogP contribution in [0.5, 0.6) is 0 Å². The molecule has 1 saturated carbocycles. The van der Waals surface area contributed by atoms with Gasteiger partial charge in [-0.15, -0.1) is 0 Å². The molecule has 3 rings (SSSR count). The monoisotopic (exact) mass is 238 g/mol. The topological polar surface area (TPSA) is 38.5 Å². The van der Waals surface area contributed by atoms with Gasteiger partial charge in [-0.2, -0.15) is 0 Å². The number of nitrogens with two attached hydrogens (primary N) is 1. The molecule has 0 aromatic carbocycles. The predicted molar refractivity (Wildman–Crippen MR) is 68.8 cm³/mol. The minimum absolute atomic E-state index is 0.147. The first-order valence-electron chi connectivity index (χ1n) is 7.31. The SMILES string of the molecule is CC1OCCC1(CN)N1CC2CCCC(C2)C1. The third-order valence-corrected chi connectivity index (χ3v) is 5.49. The lowest BCUT2D eigenvalue weighted by molar-refractivity contribution is -0.0343. The zero-order valence-corrected chi connectivity index (χ0v) is 11.0. The molecule has 2 saturated heterocycles. The third kappa shape index (κ3) is 1.92. The van der Waals surface area contributed by atoms with Gasteiger partial charge in [0.25, 0.3) is 0 Å².